The zero-order chi connectivity index (χ0) is 18.1. The Labute approximate surface area is 148 Å². The van der Waals surface area contributed by atoms with Crippen molar-refractivity contribution in [3.63, 3.8) is 0 Å². The predicted octanol–water partition coefficient (Wildman–Crippen LogP) is 0.873. The van der Waals surface area contributed by atoms with Gasteiger partial charge in [0.25, 0.3) is 0 Å². The first-order valence-corrected chi connectivity index (χ1v) is 8.87. The Balaban J connectivity index is 1.60. The largest absolute Gasteiger partial charge is 0.370 e. The predicted molar refractivity (Wildman–Crippen MR) is 97.9 cm³/mol. The molecule has 1 aromatic carbocycles. The van der Waals surface area contributed by atoms with Crippen molar-refractivity contribution in [1.82, 2.24) is 15.5 Å². The van der Waals surface area contributed by atoms with Crippen LogP contribution in [0.2, 0.25) is 0 Å². The minimum Gasteiger partial charge on any atom is -0.370 e. The highest BCUT2D eigenvalue weighted by molar-refractivity contribution is 5.79. The molecule has 25 heavy (non-hydrogen) atoms. The molecule has 1 unspecified atom stereocenters. The van der Waals surface area contributed by atoms with Gasteiger partial charge in [-0.1, -0.05) is 19.1 Å². The molecule has 0 aliphatic carbocycles. The summed E-state index contributed by atoms with van der Waals surface area (Å²) >= 11 is 0. The highest BCUT2D eigenvalue weighted by atomic mass is 19.1. The number of likely N-dealkylation sites (N-methyl/N-ethyl adjacent to an activating group) is 1. The maximum Gasteiger partial charge on any atom is 0.224 e. The SMILES string of the molecule is CCN1CCCC1CN=C(N)NCCNC(=O)Cc1ccc(F)cc1. The molecule has 1 atom stereocenters. The van der Waals surface area contributed by atoms with E-state index in [1.807, 2.05) is 0 Å². The number of nitrogens with zero attached hydrogens (tertiary/aromatic N) is 2. The number of aliphatic imine (C=N–C) groups is 1. The van der Waals surface area contributed by atoms with E-state index in [0.29, 0.717) is 31.6 Å². The molecular weight excluding hydrogens is 321 g/mol. The Hall–Kier alpha value is -2.15. The molecule has 1 aliphatic heterocycles. The molecule has 1 amide bonds. The highest BCUT2D eigenvalue weighted by Gasteiger charge is 2.22. The second kappa shape index (κ2) is 9.98. The fourth-order valence-electron chi connectivity index (χ4n) is 3.02. The Morgan fingerprint density at radius 3 is 2.76 bits per heavy atom. The minimum absolute atomic E-state index is 0.103. The lowest BCUT2D eigenvalue weighted by Crippen LogP contribution is -2.40. The number of guanidine groups is 1. The molecule has 0 bridgehead atoms. The average molecular weight is 349 g/mol. The van der Waals surface area contributed by atoms with Crippen molar-refractivity contribution in [2.24, 2.45) is 10.7 Å². The molecule has 0 spiro atoms. The monoisotopic (exact) mass is 349 g/mol. The van der Waals surface area contributed by atoms with E-state index in [2.05, 4.69) is 27.4 Å². The molecule has 4 N–H and O–H groups in total. The molecule has 2 rings (SSSR count). The lowest BCUT2D eigenvalue weighted by Gasteiger charge is -2.20. The fraction of sp³-hybridized carbons (Fsp3) is 0.556. The van der Waals surface area contributed by atoms with Crippen molar-refractivity contribution in [2.45, 2.75) is 32.2 Å². The molecule has 1 aliphatic rings. The van der Waals surface area contributed by atoms with Gasteiger partial charge in [0.2, 0.25) is 5.91 Å². The second-order valence-electron chi connectivity index (χ2n) is 6.23. The quantitative estimate of drug-likeness (QED) is 0.370. The van der Waals surface area contributed by atoms with Crippen LogP contribution in [0.5, 0.6) is 0 Å². The standard InChI is InChI=1S/C18H28FN5O/c1-2-24-11-3-4-16(24)13-23-18(20)22-10-9-21-17(25)12-14-5-7-15(19)8-6-14/h5-8,16H,2-4,9-13H2,1H3,(H,21,25)(H3,20,22,23). The maximum absolute atomic E-state index is 12.8. The number of amides is 1. The van der Waals surface area contributed by atoms with Crippen LogP contribution in [0.4, 0.5) is 4.39 Å². The Kier molecular flexibility index (Phi) is 7.66. The summed E-state index contributed by atoms with van der Waals surface area (Å²) in [5, 5.41) is 5.81. The number of nitrogens with two attached hydrogens (primary N) is 1. The van der Waals surface area contributed by atoms with Crippen molar-refractivity contribution in [3.05, 3.63) is 35.6 Å². The van der Waals surface area contributed by atoms with Gasteiger partial charge in [0.15, 0.2) is 5.96 Å². The Morgan fingerprint density at radius 2 is 2.04 bits per heavy atom. The molecule has 1 heterocycles. The van der Waals surface area contributed by atoms with Crippen LogP contribution in [0, 0.1) is 5.82 Å². The zero-order valence-corrected chi connectivity index (χ0v) is 14.8. The van der Waals surface area contributed by atoms with Crippen LogP contribution in [0.3, 0.4) is 0 Å². The van der Waals surface area contributed by atoms with Gasteiger partial charge in [-0.25, -0.2) is 4.39 Å². The molecule has 7 heteroatoms. The van der Waals surface area contributed by atoms with E-state index < -0.39 is 0 Å². The maximum atomic E-state index is 12.8. The summed E-state index contributed by atoms with van der Waals surface area (Å²) in [6, 6.07) is 6.41. The number of benzene rings is 1. The van der Waals surface area contributed by atoms with Crippen LogP contribution < -0.4 is 16.4 Å². The second-order valence-corrected chi connectivity index (χ2v) is 6.23. The molecule has 0 saturated carbocycles. The van der Waals surface area contributed by atoms with E-state index in [4.69, 9.17) is 5.73 Å². The molecule has 1 saturated heterocycles. The zero-order valence-electron chi connectivity index (χ0n) is 14.8. The third kappa shape index (κ3) is 6.70. The third-order valence-corrected chi connectivity index (χ3v) is 4.41. The molecule has 1 fully saturated rings. The van der Waals surface area contributed by atoms with Crippen LogP contribution in [-0.4, -0.2) is 55.5 Å². The van der Waals surface area contributed by atoms with Crippen molar-refractivity contribution in [3.8, 4) is 0 Å². The molecule has 6 nitrogen and oxygen atoms in total. The van der Waals surface area contributed by atoms with Crippen molar-refractivity contribution >= 4 is 11.9 Å². The van der Waals surface area contributed by atoms with Gasteiger partial charge < -0.3 is 16.4 Å². The van der Waals surface area contributed by atoms with E-state index in [1.165, 1.54) is 25.0 Å². The first-order valence-electron chi connectivity index (χ1n) is 8.87. The summed E-state index contributed by atoms with van der Waals surface area (Å²) in [4.78, 5) is 18.6. The average Bonchev–Trinajstić information content (AvgIpc) is 3.06. The molecule has 0 radical (unpaired) electrons. The van der Waals surface area contributed by atoms with Gasteiger partial charge in [-0.2, -0.15) is 0 Å². The number of rotatable bonds is 8. The van der Waals surface area contributed by atoms with Crippen LogP contribution in [-0.2, 0) is 11.2 Å². The van der Waals surface area contributed by atoms with E-state index in [9.17, 15) is 9.18 Å². The van der Waals surface area contributed by atoms with Gasteiger partial charge >= 0.3 is 0 Å². The number of hydrogen-bond acceptors (Lipinski definition) is 3. The van der Waals surface area contributed by atoms with Crippen molar-refractivity contribution in [2.75, 3.05) is 32.7 Å². The first kappa shape index (κ1) is 19.2. The van der Waals surface area contributed by atoms with Crippen LogP contribution in [0.25, 0.3) is 0 Å². The van der Waals surface area contributed by atoms with E-state index in [-0.39, 0.29) is 18.1 Å². The Morgan fingerprint density at radius 1 is 1.32 bits per heavy atom. The van der Waals surface area contributed by atoms with Gasteiger partial charge in [-0.15, -0.1) is 0 Å². The summed E-state index contributed by atoms with van der Waals surface area (Å²) in [6.07, 6.45) is 2.63. The lowest BCUT2D eigenvalue weighted by molar-refractivity contribution is -0.120. The summed E-state index contributed by atoms with van der Waals surface area (Å²) < 4.78 is 12.8. The molecular formula is C18H28FN5O. The minimum atomic E-state index is -0.303. The van der Waals surface area contributed by atoms with Gasteiger partial charge in [0.1, 0.15) is 5.82 Å². The fourth-order valence-corrected chi connectivity index (χ4v) is 3.02. The van der Waals surface area contributed by atoms with Gasteiger partial charge in [0.05, 0.1) is 13.0 Å². The van der Waals surface area contributed by atoms with Crippen LogP contribution >= 0.6 is 0 Å². The summed E-state index contributed by atoms with van der Waals surface area (Å²) in [5.74, 6) is 0.00646. The first-order chi connectivity index (χ1) is 12.1. The number of halogens is 1. The topological polar surface area (TPSA) is 82.8 Å². The number of hydrogen-bond donors (Lipinski definition) is 3. The summed E-state index contributed by atoms with van der Waals surface area (Å²) in [7, 11) is 0. The van der Waals surface area contributed by atoms with Gasteiger partial charge in [-0.3, -0.25) is 14.7 Å². The van der Waals surface area contributed by atoms with E-state index in [1.54, 1.807) is 12.1 Å². The van der Waals surface area contributed by atoms with Crippen LogP contribution in [0.15, 0.2) is 29.3 Å². The van der Waals surface area contributed by atoms with Gasteiger partial charge in [-0.05, 0) is 43.6 Å². The molecule has 0 aromatic heterocycles. The van der Waals surface area contributed by atoms with Crippen molar-refractivity contribution < 1.29 is 9.18 Å². The van der Waals surface area contributed by atoms with Crippen LogP contribution in [0.1, 0.15) is 25.3 Å². The normalized spacial score (nSPS) is 18.3. The highest BCUT2D eigenvalue weighted by Crippen LogP contribution is 2.16. The number of carbonyl (C=O) groups excluding carboxylic acids is 1. The number of likely N-dealkylation sites (tertiary alicyclic amines) is 1. The third-order valence-electron chi connectivity index (χ3n) is 4.41. The Bertz CT molecular complexity index is 575. The van der Waals surface area contributed by atoms with E-state index >= 15 is 0 Å². The molecule has 1 aromatic rings. The van der Waals surface area contributed by atoms with Crippen molar-refractivity contribution in [1.29, 1.82) is 0 Å². The number of nitrogens with one attached hydrogen (secondary N) is 2. The van der Waals surface area contributed by atoms with E-state index in [0.717, 1.165) is 18.7 Å². The van der Waals surface area contributed by atoms with Gasteiger partial charge in [0, 0.05) is 19.1 Å². The molecule has 138 valence electrons. The number of carbonyl (C=O) groups is 1. The summed E-state index contributed by atoms with van der Waals surface area (Å²) in [5.41, 5.74) is 6.65. The smallest absolute Gasteiger partial charge is 0.224 e. The lowest BCUT2D eigenvalue weighted by atomic mass is 10.1. The summed E-state index contributed by atoms with van der Waals surface area (Å²) in [6.45, 7) is 6.05.